The highest BCUT2D eigenvalue weighted by molar-refractivity contribution is 6.31. The van der Waals surface area contributed by atoms with E-state index in [4.69, 9.17) is 11.6 Å². The molecule has 20 heavy (non-hydrogen) atoms. The lowest BCUT2D eigenvalue weighted by molar-refractivity contribution is 0.0571. The fourth-order valence-corrected chi connectivity index (χ4v) is 3.24. The van der Waals surface area contributed by atoms with Crippen molar-refractivity contribution in [1.82, 2.24) is 10.2 Å². The van der Waals surface area contributed by atoms with E-state index >= 15 is 0 Å². The predicted octanol–water partition coefficient (Wildman–Crippen LogP) is 3.94. The molecule has 1 heterocycles. The zero-order valence-electron chi connectivity index (χ0n) is 13.1. The van der Waals surface area contributed by atoms with Crippen LogP contribution in [0.25, 0.3) is 0 Å². The fourth-order valence-electron chi connectivity index (χ4n) is 3.04. The molecular formula is C17H27ClN2. The minimum absolute atomic E-state index is 0.172. The van der Waals surface area contributed by atoms with Crippen LogP contribution in [-0.2, 0) is 6.54 Å². The molecule has 0 bridgehead atoms. The van der Waals surface area contributed by atoms with Crippen LogP contribution in [0.3, 0.4) is 0 Å². The smallest absolute Gasteiger partial charge is 0.0451 e. The first-order valence-electron chi connectivity index (χ1n) is 7.65. The molecule has 112 valence electrons. The molecule has 3 heteroatoms. The number of piperazine rings is 1. The highest BCUT2D eigenvalue weighted by Crippen LogP contribution is 2.26. The molecule has 1 fully saturated rings. The van der Waals surface area contributed by atoms with Gasteiger partial charge >= 0.3 is 0 Å². The predicted molar refractivity (Wildman–Crippen MR) is 87.2 cm³/mol. The molecule has 0 amide bonds. The van der Waals surface area contributed by atoms with Crippen molar-refractivity contribution in [1.29, 1.82) is 0 Å². The molecule has 1 N–H and O–H groups in total. The van der Waals surface area contributed by atoms with Crippen molar-refractivity contribution in [3.8, 4) is 0 Å². The van der Waals surface area contributed by atoms with E-state index in [-0.39, 0.29) is 5.54 Å². The van der Waals surface area contributed by atoms with Crippen LogP contribution >= 0.6 is 11.6 Å². The summed E-state index contributed by atoms with van der Waals surface area (Å²) in [6.45, 7) is 12.3. The Morgan fingerprint density at radius 2 is 2.10 bits per heavy atom. The number of rotatable bonds is 4. The summed E-state index contributed by atoms with van der Waals surface area (Å²) >= 11 is 6.33. The summed E-state index contributed by atoms with van der Waals surface area (Å²) in [5, 5.41) is 4.56. The lowest BCUT2D eigenvalue weighted by Gasteiger charge is -2.47. The molecular weight excluding hydrogens is 268 g/mol. The first-order chi connectivity index (χ1) is 9.43. The summed E-state index contributed by atoms with van der Waals surface area (Å²) in [4.78, 5) is 2.60. The first kappa shape index (κ1) is 15.8. The monoisotopic (exact) mass is 294 g/mol. The van der Waals surface area contributed by atoms with Gasteiger partial charge in [0.1, 0.15) is 0 Å². The van der Waals surface area contributed by atoms with Crippen LogP contribution in [-0.4, -0.2) is 29.6 Å². The number of benzene rings is 1. The lowest BCUT2D eigenvalue weighted by atomic mass is 9.90. The first-order valence-corrected chi connectivity index (χ1v) is 8.03. The Hall–Kier alpha value is -0.570. The van der Waals surface area contributed by atoms with Gasteiger partial charge in [0.25, 0.3) is 0 Å². The molecule has 0 radical (unpaired) electrons. The standard InChI is InChI=1S/C17H27ClN2/c1-5-13(2)16-10-19-17(3,4)12-20(16)11-14-8-6-7-9-15(14)18/h6-9,13,16,19H,5,10-12H2,1-4H3. The molecule has 1 aliphatic rings. The highest BCUT2D eigenvalue weighted by atomic mass is 35.5. The van der Waals surface area contributed by atoms with E-state index in [0.29, 0.717) is 12.0 Å². The van der Waals surface area contributed by atoms with Crippen molar-refractivity contribution in [3.05, 3.63) is 34.9 Å². The minimum atomic E-state index is 0.172. The van der Waals surface area contributed by atoms with Gasteiger partial charge in [0.2, 0.25) is 0 Å². The molecule has 1 aliphatic heterocycles. The van der Waals surface area contributed by atoms with Crippen molar-refractivity contribution in [2.24, 2.45) is 5.92 Å². The van der Waals surface area contributed by atoms with Crippen LogP contribution in [0.2, 0.25) is 5.02 Å². The molecule has 2 rings (SSSR count). The van der Waals surface area contributed by atoms with Gasteiger partial charge in [-0.2, -0.15) is 0 Å². The molecule has 1 aromatic carbocycles. The Labute approximate surface area is 128 Å². The van der Waals surface area contributed by atoms with Gasteiger partial charge < -0.3 is 5.32 Å². The maximum atomic E-state index is 6.33. The van der Waals surface area contributed by atoms with Gasteiger partial charge in [0.15, 0.2) is 0 Å². The third-order valence-corrected chi connectivity index (χ3v) is 4.86. The van der Waals surface area contributed by atoms with Crippen LogP contribution < -0.4 is 5.32 Å². The largest absolute Gasteiger partial charge is 0.309 e. The van der Waals surface area contributed by atoms with E-state index in [2.05, 4.69) is 50.0 Å². The third kappa shape index (κ3) is 3.75. The molecule has 2 atom stereocenters. The van der Waals surface area contributed by atoms with Gasteiger partial charge in [-0.25, -0.2) is 0 Å². The van der Waals surface area contributed by atoms with Crippen molar-refractivity contribution >= 4 is 11.6 Å². The number of nitrogens with one attached hydrogen (secondary N) is 1. The molecule has 1 aromatic rings. The Morgan fingerprint density at radius 3 is 2.75 bits per heavy atom. The van der Waals surface area contributed by atoms with Crippen LogP contribution in [0.15, 0.2) is 24.3 Å². The van der Waals surface area contributed by atoms with Gasteiger partial charge in [-0.15, -0.1) is 0 Å². The summed E-state index contributed by atoms with van der Waals surface area (Å²) in [6, 6.07) is 8.80. The second-order valence-electron chi connectivity index (χ2n) is 6.71. The van der Waals surface area contributed by atoms with Gasteiger partial charge in [-0.3, -0.25) is 4.90 Å². The third-order valence-electron chi connectivity index (χ3n) is 4.49. The molecule has 2 nitrogen and oxygen atoms in total. The average Bonchev–Trinajstić information content (AvgIpc) is 2.40. The summed E-state index contributed by atoms with van der Waals surface area (Å²) in [5.41, 5.74) is 1.41. The topological polar surface area (TPSA) is 15.3 Å². The maximum Gasteiger partial charge on any atom is 0.0451 e. The van der Waals surface area contributed by atoms with E-state index in [1.807, 2.05) is 12.1 Å². The zero-order chi connectivity index (χ0) is 14.8. The Kier molecular flexibility index (Phi) is 5.11. The number of hydrogen-bond donors (Lipinski definition) is 1. The van der Waals surface area contributed by atoms with E-state index in [1.54, 1.807) is 0 Å². The summed E-state index contributed by atoms with van der Waals surface area (Å²) in [7, 11) is 0. The summed E-state index contributed by atoms with van der Waals surface area (Å²) in [6.07, 6.45) is 1.21. The van der Waals surface area contributed by atoms with E-state index in [0.717, 1.165) is 24.7 Å². The fraction of sp³-hybridized carbons (Fsp3) is 0.647. The zero-order valence-corrected chi connectivity index (χ0v) is 13.9. The Morgan fingerprint density at radius 1 is 1.40 bits per heavy atom. The normalized spacial score (nSPS) is 24.6. The van der Waals surface area contributed by atoms with Gasteiger partial charge in [0, 0.05) is 36.2 Å². The highest BCUT2D eigenvalue weighted by Gasteiger charge is 2.34. The quantitative estimate of drug-likeness (QED) is 0.905. The molecule has 2 unspecified atom stereocenters. The summed E-state index contributed by atoms with van der Waals surface area (Å²) in [5.74, 6) is 0.695. The molecule has 0 aromatic heterocycles. The van der Waals surface area contributed by atoms with Crippen molar-refractivity contribution in [2.75, 3.05) is 13.1 Å². The molecule has 0 aliphatic carbocycles. The van der Waals surface area contributed by atoms with Crippen LogP contribution in [0.1, 0.15) is 39.7 Å². The second kappa shape index (κ2) is 6.46. The Balaban J connectivity index is 2.17. The number of hydrogen-bond acceptors (Lipinski definition) is 2. The van der Waals surface area contributed by atoms with Gasteiger partial charge in [-0.1, -0.05) is 50.1 Å². The van der Waals surface area contributed by atoms with Crippen molar-refractivity contribution in [2.45, 2.75) is 52.2 Å². The average molecular weight is 295 g/mol. The maximum absolute atomic E-state index is 6.33. The van der Waals surface area contributed by atoms with Crippen molar-refractivity contribution in [3.63, 3.8) is 0 Å². The lowest BCUT2D eigenvalue weighted by Crippen LogP contribution is -2.62. The second-order valence-corrected chi connectivity index (χ2v) is 7.12. The minimum Gasteiger partial charge on any atom is -0.309 e. The van der Waals surface area contributed by atoms with Crippen molar-refractivity contribution < 1.29 is 0 Å². The SMILES string of the molecule is CCC(C)C1CNC(C)(C)CN1Cc1ccccc1Cl. The molecule has 0 spiro atoms. The Bertz CT molecular complexity index is 444. The van der Waals surface area contributed by atoms with Gasteiger partial charge in [0.05, 0.1) is 0 Å². The molecule has 1 saturated heterocycles. The van der Waals surface area contributed by atoms with Crippen LogP contribution in [0.5, 0.6) is 0 Å². The van der Waals surface area contributed by atoms with Crippen LogP contribution in [0, 0.1) is 5.92 Å². The van der Waals surface area contributed by atoms with E-state index in [1.165, 1.54) is 12.0 Å². The van der Waals surface area contributed by atoms with E-state index in [9.17, 15) is 0 Å². The molecule has 0 saturated carbocycles. The summed E-state index contributed by atoms with van der Waals surface area (Å²) < 4.78 is 0. The number of nitrogens with zero attached hydrogens (tertiary/aromatic N) is 1. The van der Waals surface area contributed by atoms with E-state index < -0.39 is 0 Å². The van der Waals surface area contributed by atoms with Crippen LogP contribution in [0.4, 0.5) is 0 Å². The number of halogens is 1. The van der Waals surface area contributed by atoms with Gasteiger partial charge in [-0.05, 0) is 31.4 Å².